The fraction of sp³-hybridized carbons (Fsp3) is 0.500. The van der Waals surface area contributed by atoms with E-state index < -0.39 is 10.5 Å². The number of aromatic hydroxyl groups is 1. The highest BCUT2D eigenvalue weighted by Crippen LogP contribution is 2.40. The molecular weight excluding hydrogens is 220 g/mol. The lowest BCUT2D eigenvalue weighted by molar-refractivity contribution is -0.385. The molecule has 92 valence electrons. The van der Waals surface area contributed by atoms with Crippen LogP contribution in [0.5, 0.6) is 5.75 Å². The molecule has 5 nitrogen and oxygen atoms in total. The quantitative estimate of drug-likeness (QED) is 0.609. The molecular formula is C12H16N2O3. The first kappa shape index (κ1) is 11.9. The lowest BCUT2D eigenvalue weighted by atomic mass is 9.77. The number of rotatable bonds is 2. The van der Waals surface area contributed by atoms with Crippen LogP contribution in [-0.2, 0) is 5.54 Å². The van der Waals surface area contributed by atoms with Gasteiger partial charge < -0.3 is 10.8 Å². The average molecular weight is 236 g/mol. The molecule has 0 unspecified atom stereocenters. The summed E-state index contributed by atoms with van der Waals surface area (Å²) in [5, 5.41) is 20.6. The van der Waals surface area contributed by atoms with Crippen molar-refractivity contribution in [3.05, 3.63) is 33.9 Å². The molecule has 1 saturated carbocycles. The molecule has 1 aliphatic rings. The van der Waals surface area contributed by atoms with Crippen molar-refractivity contribution >= 4 is 5.69 Å². The Balaban J connectivity index is 2.42. The first-order valence-corrected chi connectivity index (χ1v) is 5.80. The number of non-ortho nitro benzene ring substituents is 1. The van der Waals surface area contributed by atoms with E-state index in [-0.39, 0.29) is 11.4 Å². The van der Waals surface area contributed by atoms with Gasteiger partial charge in [-0.1, -0.05) is 19.3 Å². The molecule has 3 N–H and O–H groups in total. The number of nitrogens with two attached hydrogens (primary N) is 1. The molecule has 0 radical (unpaired) electrons. The molecule has 0 aliphatic heterocycles. The summed E-state index contributed by atoms with van der Waals surface area (Å²) in [5.74, 6) is 0.0556. The van der Waals surface area contributed by atoms with Gasteiger partial charge in [-0.05, 0) is 18.9 Å². The maximum absolute atomic E-state index is 10.7. The molecule has 0 aromatic heterocycles. The van der Waals surface area contributed by atoms with E-state index in [0.717, 1.165) is 32.1 Å². The van der Waals surface area contributed by atoms with Crippen molar-refractivity contribution in [2.24, 2.45) is 5.73 Å². The number of nitro benzene ring substituents is 1. The van der Waals surface area contributed by atoms with Gasteiger partial charge in [-0.3, -0.25) is 10.1 Å². The van der Waals surface area contributed by atoms with Crippen LogP contribution in [0, 0.1) is 10.1 Å². The minimum absolute atomic E-state index is 0.0202. The van der Waals surface area contributed by atoms with Crippen molar-refractivity contribution in [1.82, 2.24) is 0 Å². The van der Waals surface area contributed by atoms with E-state index in [1.165, 1.54) is 18.2 Å². The number of nitrogens with zero attached hydrogens (tertiary/aromatic N) is 1. The zero-order valence-electron chi connectivity index (χ0n) is 9.56. The molecule has 5 heteroatoms. The molecule has 1 aliphatic carbocycles. The molecule has 0 amide bonds. The van der Waals surface area contributed by atoms with Gasteiger partial charge in [-0.15, -0.1) is 0 Å². The maximum Gasteiger partial charge on any atom is 0.270 e. The van der Waals surface area contributed by atoms with Gasteiger partial charge in [-0.25, -0.2) is 0 Å². The molecule has 1 aromatic rings. The van der Waals surface area contributed by atoms with Crippen LogP contribution < -0.4 is 5.73 Å². The van der Waals surface area contributed by atoms with Crippen molar-refractivity contribution in [1.29, 1.82) is 0 Å². The number of hydrogen-bond donors (Lipinski definition) is 2. The fourth-order valence-electron chi connectivity index (χ4n) is 2.49. The van der Waals surface area contributed by atoms with E-state index in [4.69, 9.17) is 5.73 Å². The van der Waals surface area contributed by atoms with Gasteiger partial charge in [0.15, 0.2) is 0 Å². The number of benzene rings is 1. The van der Waals surface area contributed by atoms with Crippen molar-refractivity contribution in [2.45, 2.75) is 37.6 Å². The molecule has 2 rings (SSSR count). The van der Waals surface area contributed by atoms with Gasteiger partial charge in [0.25, 0.3) is 5.69 Å². The second-order valence-corrected chi connectivity index (χ2v) is 4.68. The third kappa shape index (κ3) is 2.24. The number of phenols is 1. The minimum atomic E-state index is -0.617. The van der Waals surface area contributed by atoms with E-state index in [0.29, 0.717) is 5.56 Å². The summed E-state index contributed by atoms with van der Waals surface area (Å²) in [6.07, 6.45) is 4.66. The van der Waals surface area contributed by atoms with Crippen LogP contribution in [0.2, 0.25) is 0 Å². The number of hydrogen-bond acceptors (Lipinski definition) is 4. The largest absolute Gasteiger partial charge is 0.508 e. The smallest absolute Gasteiger partial charge is 0.270 e. The average Bonchev–Trinajstić information content (AvgIpc) is 2.30. The zero-order chi connectivity index (χ0) is 12.5. The van der Waals surface area contributed by atoms with Crippen molar-refractivity contribution < 1.29 is 10.0 Å². The lowest BCUT2D eigenvalue weighted by Gasteiger charge is -2.34. The highest BCUT2D eigenvalue weighted by Gasteiger charge is 2.32. The highest BCUT2D eigenvalue weighted by molar-refractivity contribution is 5.46. The van der Waals surface area contributed by atoms with Gasteiger partial charge in [-0.2, -0.15) is 0 Å². The van der Waals surface area contributed by atoms with Crippen LogP contribution in [-0.4, -0.2) is 10.0 Å². The number of nitro groups is 1. The van der Waals surface area contributed by atoms with Crippen LogP contribution in [0.1, 0.15) is 37.7 Å². The summed E-state index contributed by atoms with van der Waals surface area (Å²) < 4.78 is 0. The van der Waals surface area contributed by atoms with Crippen molar-refractivity contribution in [3.63, 3.8) is 0 Å². The van der Waals surface area contributed by atoms with Gasteiger partial charge in [0.05, 0.1) is 4.92 Å². The first-order valence-electron chi connectivity index (χ1n) is 5.80. The summed E-state index contributed by atoms with van der Waals surface area (Å²) in [5.41, 5.74) is 6.14. The van der Waals surface area contributed by atoms with Crippen molar-refractivity contribution in [3.8, 4) is 5.75 Å². The molecule has 0 spiro atoms. The van der Waals surface area contributed by atoms with Gasteiger partial charge >= 0.3 is 0 Å². The highest BCUT2D eigenvalue weighted by atomic mass is 16.6. The van der Waals surface area contributed by atoms with Crippen LogP contribution in [0.4, 0.5) is 5.69 Å². The Morgan fingerprint density at radius 1 is 1.29 bits per heavy atom. The van der Waals surface area contributed by atoms with Gasteiger partial charge in [0.2, 0.25) is 0 Å². The minimum Gasteiger partial charge on any atom is -0.508 e. The second kappa shape index (κ2) is 4.33. The Labute approximate surface area is 99.4 Å². The fourth-order valence-corrected chi connectivity index (χ4v) is 2.49. The molecule has 1 fully saturated rings. The standard InChI is InChI=1S/C12H16N2O3/c13-12(6-2-1-3-7-12)10-8-9(14(16)17)4-5-11(10)15/h4-5,8,15H,1-3,6-7,13H2. The van der Waals surface area contributed by atoms with Gasteiger partial charge in [0, 0.05) is 23.2 Å². The summed E-state index contributed by atoms with van der Waals surface area (Å²) in [6.45, 7) is 0. The van der Waals surface area contributed by atoms with E-state index in [2.05, 4.69) is 0 Å². The van der Waals surface area contributed by atoms with Gasteiger partial charge in [0.1, 0.15) is 5.75 Å². The molecule has 0 bridgehead atoms. The topological polar surface area (TPSA) is 89.4 Å². The summed E-state index contributed by atoms with van der Waals surface area (Å²) >= 11 is 0. The van der Waals surface area contributed by atoms with E-state index >= 15 is 0 Å². The molecule has 0 atom stereocenters. The lowest BCUT2D eigenvalue weighted by Crippen LogP contribution is -2.38. The van der Waals surface area contributed by atoms with Crippen LogP contribution in [0.15, 0.2) is 18.2 Å². The normalized spacial score (nSPS) is 18.9. The molecule has 0 heterocycles. The Morgan fingerprint density at radius 3 is 2.53 bits per heavy atom. The molecule has 17 heavy (non-hydrogen) atoms. The number of phenolic OH excluding ortho intramolecular Hbond substituents is 1. The summed E-state index contributed by atoms with van der Waals surface area (Å²) in [7, 11) is 0. The summed E-state index contributed by atoms with van der Waals surface area (Å²) in [6, 6.07) is 4.06. The van der Waals surface area contributed by atoms with Crippen LogP contribution in [0.3, 0.4) is 0 Å². The van der Waals surface area contributed by atoms with Crippen LogP contribution >= 0.6 is 0 Å². The van der Waals surface area contributed by atoms with E-state index in [1.54, 1.807) is 0 Å². The van der Waals surface area contributed by atoms with E-state index in [9.17, 15) is 15.2 Å². The predicted molar refractivity (Wildman–Crippen MR) is 63.7 cm³/mol. The van der Waals surface area contributed by atoms with Crippen LogP contribution in [0.25, 0.3) is 0 Å². The van der Waals surface area contributed by atoms with Crippen molar-refractivity contribution in [2.75, 3.05) is 0 Å². The Morgan fingerprint density at radius 2 is 1.94 bits per heavy atom. The maximum atomic E-state index is 10.7. The third-order valence-electron chi connectivity index (χ3n) is 3.47. The van der Waals surface area contributed by atoms with E-state index in [1.807, 2.05) is 0 Å². The Bertz CT molecular complexity index is 439. The monoisotopic (exact) mass is 236 g/mol. The predicted octanol–water partition coefficient (Wildman–Crippen LogP) is 2.42. The molecule has 1 aromatic carbocycles. The Kier molecular flexibility index (Phi) is 3.02. The SMILES string of the molecule is NC1(c2cc([N+](=O)[O-])ccc2O)CCCCC1. The third-order valence-corrected chi connectivity index (χ3v) is 3.47. The second-order valence-electron chi connectivity index (χ2n) is 4.68. The molecule has 0 saturated heterocycles. The summed E-state index contributed by atoms with van der Waals surface area (Å²) in [4.78, 5) is 10.3. The first-order chi connectivity index (χ1) is 8.03. The Hall–Kier alpha value is -1.62. The zero-order valence-corrected chi connectivity index (χ0v) is 9.56.